The molecule has 8 aromatic carbocycles. The van der Waals surface area contributed by atoms with Crippen molar-refractivity contribution in [1.82, 2.24) is 9.97 Å². The molecule has 0 radical (unpaired) electrons. The molecule has 9 aromatic rings. The lowest BCUT2D eigenvalue weighted by Crippen LogP contribution is -1.96. The highest BCUT2D eigenvalue weighted by Crippen LogP contribution is 2.37. The first-order valence-electron chi connectivity index (χ1n) is 17.4. The maximum Gasteiger partial charge on any atom is 0.160 e. The van der Waals surface area contributed by atoms with Gasteiger partial charge >= 0.3 is 0 Å². The molecular weight excluding hydrogens is 617 g/mol. The molecule has 0 saturated carbocycles. The highest BCUT2D eigenvalue weighted by atomic mass is 14.9. The van der Waals surface area contributed by atoms with E-state index in [0.29, 0.717) is 0 Å². The van der Waals surface area contributed by atoms with Gasteiger partial charge in [0, 0.05) is 16.7 Å². The van der Waals surface area contributed by atoms with Crippen molar-refractivity contribution in [2.24, 2.45) is 0 Å². The van der Waals surface area contributed by atoms with Gasteiger partial charge in [0.1, 0.15) is 0 Å². The van der Waals surface area contributed by atoms with Crippen LogP contribution in [-0.4, -0.2) is 9.97 Å². The Morgan fingerprint density at radius 3 is 1.57 bits per heavy atom. The Labute approximate surface area is 298 Å². The number of fused-ring (bicyclic) bond motifs is 3. The number of nitrogens with zero attached hydrogens (tertiary/aromatic N) is 2. The lowest BCUT2D eigenvalue weighted by molar-refractivity contribution is 1.18. The molecule has 1 aromatic heterocycles. The van der Waals surface area contributed by atoms with Crippen LogP contribution in [0.25, 0.3) is 88.8 Å². The maximum absolute atomic E-state index is 5.06. The molecule has 0 atom stereocenters. The number of aryl methyl sites for hydroxylation is 1. The zero-order valence-corrected chi connectivity index (χ0v) is 28.3. The summed E-state index contributed by atoms with van der Waals surface area (Å²) in [5, 5.41) is 5.08. The van der Waals surface area contributed by atoms with Crippen molar-refractivity contribution in [3.8, 4) is 67.3 Å². The number of hydrogen-bond donors (Lipinski definition) is 0. The quantitative estimate of drug-likeness (QED) is 0.167. The van der Waals surface area contributed by atoms with Crippen LogP contribution in [-0.2, 0) is 0 Å². The van der Waals surface area contributed by atoms with E-state index >= 15 is 0 Å². The van der Waals surface area contributed by atoms with Gasteiger partial charge in [0.15, 0.2) is 5.82 Å². The summed E-state index contributed by atoms with van der Waals surface area (Å²) in [5.41, 5.74) is 13.4. The summed E-state index contributed by atoms with van der Waals surface area (Å²) in [7, 11) is 0. The Hall–Kier alpha value is -6.64. The van der Waals surface area contributed by atoms with E-state index in [1.165, 1.54) is 49.4 Å². The van der Waals surface area contributed by atoms with Crippen molar-refractivity contribution in [2.75, 3.05) is 0 Å². The monoisotopic (exact) mass is 650 g/mol. The van der Waals surface area contributed by atoms with Gasteiger partial charge in [-0.25, -0.2) is 9.97 Å². The van der Waals surface area contributed by atoms with Crippen LogP contribution in [0, 0.1) is 6.92 Å². The van der Waals surface area contributed by atoms with E-state index in [-0.39, 0.29) is 0 Å². The third-order valence-corrected chi connectivity index (χ3v) is 9.72. The lowest BCUT2D eigenvalue weighted by atomic mass is 9.91. The molecule has 0 spiro atoms. The van der Waals surface area contributed by atoms with Gasteiger partial charge in [-0.05, 0) is 85.6 Å². The second-order valence-electron chi connectivity index (χ2n) is 13.1. The topological polar surface area (TPSA) is 25.8 Å². The van der Waals surface area contributed by atoms with E-state index < -0.39 is 0 Å². The summed E-state index contributed by atoms with van der Waals surface area (Å²) in [5.74, 6) is 0.719. The Morgan fingerprint density at radius 2 is 0.843 bits per heavy atom. The first-order valence-corrected chi connectivity index (χ1v) is 17.4. The van der Waals surface area contributed by atoms with Crippen LogP contribution < -0.4 is 0 Å². The molecule has 0 fully saturated rings. The third kappa shape index (κ3) is 5.98. The molecule has 0 amide bonds. The van der Waals surface area contributed by atoms with Crippen LogP contribution in [0.2, 0.25) is 0 Å². The van der Waals surface area contributed by atoms with Crippen LogP contribution in [0.5, 0.6) is 0 Å². The molecule has 240 valence electrons. The molecule has 2 nitrogen and oxygen atoms in total. The Balaban J connectivity index is 1.09. The van der Waals surface area contributed by atoms with E-state index in [4.69, 9.17) is 9.97 Å². The maximum atomic E-state index is 5.06. The zero-order chi connectivity index (χ0) is 34.1. The summed E-state index contributed by atoms with van der Waals surface area (Å²) >= 11 is 0. The van der Waals surface area contributed by atoms with E-state index in [9.17, 15) is 0 Å². The van der Waals surface area contributed by atoms with E-state index in [1.807, 2.05) is 36.4 Å². The molecule has 0 aliphatic carbocycles. The second kappa shape index (κ2) is 13.0. The van der Waals surface area contributed by atoms with Crippen LogP contribution in [0.1, 0.15) is 5.56 Å². The molecule has 0 aliphatic rings. The molecule has 1 heterocycles. The van der Waals surface area contributed by atoms with Gasteiger partial charge in [-0.15, -0.1) is 0 Å². The largest absolute Gasteiger partial charge is 0.228 e. The summed E-state index contributed by atoms with van der Waals surface area (Å²) in [6, 6.07) is 66.9. The highest BCUT2D eigenvalue weighted by molar-refractivity contribution is 6.13. The molecule has 0 bridgehead atoms. The highest BCUT2D eigenvalue weighted by Gasteiger charge is 2.13. The fraction of sp³-hybridized carbons (Fsp3) is 0.0204. The van der Waals surface area contributed by atoms with Crippen molar-refractivity contribution in [1.29, 1.82) is 0 Å². The van der Waals surface area contributed by atoms with Crippen LogP contribution >= 0.6 is 0 Å². The molecule has 0 saturated heterocycles. The standard InChI is InChI=1S/C49H34N2/c1-33-28-44(43-27-26-37-24-25-41(31-45(37)46(43)29-33)34-12-5-2-6-13-34)36-22-20-35(21-23-36)40-18-11-19-42(30-40)48-32-47(38-14-7-3-8-15-38)50-49(51-48)39-16-9-4-10-17-39/h2-32H,1H3. The molecule has 0 unspecified atom stereocenters. The van der Waals surface area contributed by atoms with Gasteiger partial charge < -0.3 is 0 Å². The SMILES string of the molecule is Cc1cc(-c2ccc(-c3cccc(-c4cc(-c5ccccc5)nc(-c5ccccc5)n4)c3)cc2)c2ccc3ccc(-c4ccccc4)cc3c2c1. The number of benzene rings is 8. The summed E-state index contributed by atoms with van der Waals surface area (Å²) in [4.78, 5) is 10.0. The van der Waals surface area contributed by atoms with Gasteiger partial charge in [-0.2, -0.15) is 0 Å². The summed E-state index contributed by atoms with van der Waals surface area (Å²) < 4.78 is 0. The van der Waals surface area contributed by atoms with Crippen molar-refractivity contribution >= 4 is 21.5 Å². The van der Waals surface area contributed by atoms with Gasteiger partial charge in [-0.3, -0.25) is 0 Å². The minimum atomic E-state index is 0.719. The summed E-state index contributed by atoms with van der Waals surface area (Å²) in [6.45, 7) is 2.20. The number of rotatable bonds is 6. The molecule has 0 aliphatic heterocycles. The first kappa shape index (κ1) is 30.4. The molecular formula is C49H34N2. The van der Waals surface area contributed by atoms with E-state index in [1.54, 1.807) is 0 Å². The van der Waals surface area contributed by atoms with Gasteiger partial charge in [0.05, 0.1) is 11.4 Å². The fourth-order valence-electron chi connectivity index (χ4n) is 7.13. The van der Waals surface area contributed by atoms with E-state index in [2.05, 4.69) is 159 Å². The minimum Gasteiger partial charge on any atom is -0.228 e. The van der Waals surface area contributed by atoms with Crippen molar-refractivity contribution in [2.45, 2.75) is 6.92 Å². The number of aromatic nitrogens is 2. The van der Waals surface area contributed by atoms with Crippen molar-refractivity contribution < 1.29 is 0 Å². The van der Waals surface area contributed by atoms with Crippen LogP contribution in [0.4, 0.5) is 0 Å². The predicted octanol–water partition coefficient (Wildman–Crippen LogP) is 13.1. The van der Waals surface area contributed by atoms with Crippen LogP contribution in [0.15, 0.2) is 188 Å². The lowest BCUT2D eigenvalue weighted by Gasteiger charge is -2.14. The predicted molar refractivity (Wildman–Crippen MR) is 214 cm³/mol. The Kier molecular flexibility index (Phi) is 7.75. The molecule has 9 rings (SSSR count). The van der Waals surface area contributed by atoms with Crippen LogP contribution in [0.3, 0.4) is 0 Å². The molecule has 51 heavy (non-hydrogen) atoms. The molecule has 2 heteroatoms. The van der Waals surface area contributed by atoms with Crippen molar-refractivity contribution in [3.63, 3.8) is 0 Å². The minimum absolute atomic E-state index is 0.719. The van der Waals surface area contributed by atoms with Gasteiger partial charge in [0.25, 0.3) is 0 Å². The van der Waals surface area contributed by atoms with Gasteiger partial charge in [0.2, 0.25) is 0 Å². The van der Waals surface area contributed by atoms with Crippen molar-refractivity contribution in [3.05, 3.63) is 194 Å². The fourth-order valence-corrected chi connectivity index (χ4v) is 7.13. The average Bonchev–Trinajstić information content (AvgIpc) is 3.21. The second-order valence-corrected chi connectivity index (χ2v) is 13.1. The third-order valence-electron chi connectivity index (χ3n) is 9.72. The number of hydrogen-bond acceptors (Lipinski definition) is 2. The molecule has 0 N–H and O–H groups in total. The Bertz CT molecular complexity index is 2610. The van der Waals surface area contributed by atoms with Gasteiger partial charge in [-0.1, -0.05) is 170 Å². The zero-order valence-electron chi connectivity index (χ0n) is 28.3. The van der Waals surface area contributed by atoms with E-state index in [0.717, 1.165) is 45.0 Å². The summed E-state index contributed by atoms with van der Waals surface area (Å²) in [6.07, 6.45) is 0. The average molecular weight is 651 g/mol. The Morgan fingerprint density at radius 1 is 0.314 bits per heavy atom. The smallest absolute Gasteiger partial charge is 0.160 e. The first-order chi connectivity index (χ1) is 25.2. The normalized spacial score (nSPS) is 11.2.